The van der Waals surface area contributed by atoms with Crippen LogP contribution in [0.25, 0.3) is 27.7 Å². The predicted molar refractivity (Wildman–Crippen MR) is 130 cm³/mol. The van der Waals surface area contributed by atoms with E-state index < -0.39 is 24.2 Å². The van der Waals surface area contributed by atoms with Crippen molar-refractivity contribution >= 4 is 22.5 Å². The van der Waals surface area contributed by atoms with Gasteiger partial charge in [-0.05, 0) is 31.0 Å². The standard InChI is InChI=1S/C24H27F3N8O2/c1-13(25)8-34-20-7-14(3-4-19(20)30-32-34)21-17(27)10-35-22(21)23(36-2)29-24(31-35)28-18-5-6-33(9-16(18)26)15-11-37-12-15/h3-4,7,10,13,15-16,18H,5-6,8-9,11-12H2,1-2H3,(H,28,31)/t13-,16-,18+/m1/s1. The van der Waals surface area contributed by atoms with Crippen molar-refractivity contribution in [3.05, 3.63) is 30.2 Å². The Balaban J connectivity index is 1.32. The van der Waals surface area contributed by atoms with Crippen LogP contribution in [0.4, 0.5) is 19.1 Å². The van der Waals surface area contributed by atoms with Crippen molar-refractivity contribution < 1.29 is 22.6 Å². The molecule has 13 heteroatoms. The summed E-state index contributed by atoms with van der Waals surface area (Å²) in [6.07, 6.45) is -0.432. The maximum absolute atomic E-state index is 15.3. The van der Waals surface area contributed by atoms with E-state index in [9.17, 15) is 8.78 Å². The van der Waals surface area contributed by atoms with Crippen LogP contribution in [0.3, 0.4) is 0 Å². The zero-order chi connectivity index (χ0) is 25.7. The Hall–Kier alpha value is -3.45. The lowest BCUT2D eigenvalue weighted by Gasteiger charge is -2.42. The van der Waals surface area contributed by atoms with Gasteiger partial charge in [0.25, 0.3) is 0 Å². The highest BCUT2D eigenvalue weighted by atomic mass is 19.1. The molecule has 6 rings (SSSR count). The van der Waals surface area contributed by atoms with Gasteiger partial charge in [-0.15, -0.1) is 10.2 Å². The molecule has 196 valence electrons. The number of nitrogens with one attached hydrogen (secondary N) is 1. The fourth-order valence-corrected chi connectivity index (χ4v) is 5.02. The number of piperidine rings is 1. The molecule has 0 spiro atoms. The summed E-state index contributed by atoms with van der Waals surface area (Å²) in [6.45, 7) is 3.80. The van der Waals surface area contributed by atoms with E-state index in [1.54, 1.807) is 18.2 Å². The highest BCUT2D eigenvalue weighted by Gasteiger charge is 2.36. The number of benzene rings is 1. The SMILES string of the molecule is COc1nc(N[C@H]2CCN(C3COC3)C[C@H]2F)nn2cc(F)c(-c3ccc4nnn(C[C@@H](C)F)c4c3)c12. The van der Waals surface area contributed by atoms with Gasteiger partial charge in [0.15, 0.2) is 5.82 Å². The minimum Gasteiger partial charge on any atom is -0.479 e. The van der Waals surface area contributed by atoms with Crippen molar-refractivity contribution in [2.45, 2.75) is 44.3 Å². The molecular formula is C24H27F3N8O2. The van der Waals surface area contributed by atoms with Gasteiger partial charge < -0.3 is 14.8 Å². The fourth-order valence-electron chi connectivity index (χ4n) is 5.02. The number of halogens is 3. The molecule has 0 bridgehead atoms. The molecule has 2 aliphatic heterocycles. The Morgan fingerprint density at radius 2 is 2.14 bits per heavy atom. The van der Waals surface area contributed by atoms with Crippen LogP contribution in [0.1, 0.15) is 13.3 Å². The summed E-state index contributed by atoms with van der Waals surface area (Å²) in [6, 6.07) is 4.91. The van der Waals surface area contributed by atoms with Crippen LogP contribution in [-0.2, 0) is 11.3 Å². The first kappa shape index (κ1) is 23.9. The minimum atomic E-state index is -1.12. The highest BCUT2D eigenvalue weighted by molar-refractivity contribution is 5.89. The van der Waals surface area contributed by atoms with Gasteiger partial charge in [0, 0.05) is 13.1 Å². The van der Waals surface area contributed by atoms with Gasteiger partial charge in [-0.3, -0.25) is 4.90 Å². The topological polar surface area (TPSA) is 94.6 Å². The van der Waals surface area contributed by atoms with Crippen LogP contribution in [0, 0.1) is 5.82 Å². The zero-order valence-corrected chi connectivity index (χ0v) is 20.4. The molecule has 10 nitrogen and oxygen atoms in total. The van der Waals surface area contributed by atoms with Gasteiger partial charge in [-0.2, -0.15) is 4.98 Å². The minimum absolute atomic E-state index is 0.0311. The number of hydrogen-bond donors (Lipinski definition) is 1. The first-order chi connectivity index (χ1) is 17.9. The number of methoxy groups -OCH3 is 1. The summed E-state index contributed by atoms with van der Waals surface area (Å²) in [5.41, 5.74) is 2.21. The third-order valence-corrected chi connectivity index (χ3v) is 7.00. The predicted octanol–water partition coefficient (Wildman–Crippen LogP) is 2.87. The van der Waals surface area contributed by atoms with Gasteiger partial charge >= 0.3 is 0 Å². The van der Waals surface area contributed by atoms with Gasteiger partial charge in [0.1, 0.15) is 23.4 Å². The first-order valence-electron chi connectivity index (χ1n) is 12.2. The van der Waals surface area contributed by atoms with Crippen LogP contribution >= 0.6 is 0 Å². The first-order valence-corrected chi connectivity index (χ1v) is 12.2. The van der Waals surface area contributed by atoms with Crippen molar-refractivity contribution in [2.75, 3.05) is 38.7 Å². The molecule has 0 amide bonds. The average Bonchev–Trinajstić information content (AvgIpc) is 3.38. The second-order valence-corrected chi connectivity index (χ2v) is 9.59. The molecule has 5 heterocycles. The van der Waals surface area contributed by atoms with Crippen LogP contribution in [0.15, 0.2) is 24.4 Å². The summed E-state index contributed by atoms with van der Waals surface area (Å²) in [7, 11) is 1.43. The molecule has 0 radical (unpaired) electrons. The molecule has 0 saturated carbocycles. The largest absolute Gasteiger partial charge is 0.479 e. The number of rotatable bonds is 7. The molecule has 4 aromatic rings. The maximum Gasteiger partial charge on any atom is 0.244 e. The smallest absolute Gasteiger partial charge is 0.244 e. The molecule has 1 N–H and O–H groups in total. The van der Waals surface area contributed by atoms with E-state index in [2.05, 4.69) is 30.6 Å². The summed E-state index contributed by atoms with van der Waals surface area (Å²) in [5, 5.41) is 15.5. The molecule has 3 atom stereocenters. The number of fused-ring (bicyclic) bond motifs is 2. The maximum atomic E-state index is 15.3. The molecule has 3 aromatic heterocycles. The number of nitrogens with zero attached hydrogens (tertiary/aromatic N) is 7. The van der Waals surface area contributed by atoms with Crippen molar-refractivity contribution in [3.8, 4) is 17.0 Å². The Morgan fingerprint density at radius 3 is 2.84 bits per heavy atom. The monoisotopic (exact) mass is 516 g/mol. The number of anilines is 1. The number of alkyl halides is 2. The second kappa shape index (κ2) is 9.45. The Kier molecular flexibility index (Phi) is 6.11. The Bertz CT molecular complexity index is 1440. The van der Waals surface area contributed by atoms with E-state index in [4.69, 9.17) is 9.47 Å². The van der Waals surface area contributed by atoms with Gasteiger partial charge in [0.2, 0.25) is 11.8 Å². The lowest BCUT2D eigenvalue weighted by molar-refractivity contribution is -0.0794. The zero-order valence-electron chi connectivity index (χ0n) is 20.4. The van der Waals surface area contributed by atoms with Gasteiger partial charge in [-0.1, -0.05) is 11.3 Å². The summed E-state index contributed by atoms with van der Waals surface area (Å²) >= 11 is 0. The van der Waals surface area contributed by atoms with Gasteiger partial charge in [-0.25, -0.2) is 22.4 Å². The van der Waals surface area contributed by atoms with Crippen LogP contribution in [0.5, 0.6) is 5.88 Å². The second-order valence-electron chi connectivity index (χ2n) is 9.59. The van der Waals surface area contributed by atoms with E-state index in [1.165, 1.54) is 29.4 Å². The molecule has 0 unspecified atom stereocenters. The van der Waals surface area contributed by atoms with E-state index in [0.29, 0.717) is 48.3 Å². The summed E-state index contributed by atoms with van der Waals surface area (Å²) in [4.78, 5) is 6.53. The lowest BCUT2D eigenvalue weighted by Crippen LogP contribution is -2.57. The number of aromatic nitrogens is 6. The third-order valence-electron chi connectivity index (χ3n) is 7.00. The van der Waals surface area contributed by atoms with E-state index in [-0.39, 0.29) is 30.0 Å². The molecule has 2 aliphatic rings. The van der Waals surface area contributed by atoms with E-state index in [1.807, 2.05) is 0 Å². The molecule has 2 fully saturated rings. The van der Waals surface area contributed by atoms with E-state index in [0.717, 1.165) is 6.54 Å². The highest BCUT2D eigenvalue weighted by Crippen LogP contribution is 2.35. The van der Waals surface area contributed by atoms with Crippen LogP contribution < -0.4 is 10.1 Å². The molecule has 2 saturated heterocycles. The summed E-state index contributed by atoms with van der Waals surface area (Å²) < 4.78 is 57.4. The summed E-state index contributed by atoms with van der Waals surface area (Å²) in [5.74, 6) is -0.255. The fraction of sp³-hybridized carbons (Fsp3) is 0.500. The quantitative estimate of drug-likeness (QED) is 0.401. The Labute approximate surface area is 210 Å². The van der Waals surface area contributed by atoms with Crippen molar-refractivity contribution in [3.63, 3.8) is 0 Å². The molecule has 1 aromatic carbocycles. The molecular weight excluding hydrogens is 489 g/mol. The number of likely N-dealkylation sites (tertiary alicyclic amines) is 1. The molecule has 37 heavy (non-hydrogen) atoms. The normalized spacial score (nSPS) is 21.9. The number of hydrogen-bond acceptors (Lipinski definition) is 8. The third kappa shape index (κ3) is 4.35. The lowest BCUT2D eigenvalue weighted by atomic mass is 10.0. The molecule has 0 aliphatic carbocycles. The average molecular weight is 517 g/mol. The van der Waals surface area contributed by atoms with Gasteiger partial charge in [0.05, 0.1) is 56.2 Å². The van der Waals surface area contributed by atoms with E-state index >= 15 is 4.39 Å². The number of ether oxygens (including phenoxy) is 2. The van der Waals surface area contributed by atoms with Crippen molar-refractivity contribution in [2.24, 2.45) is 0 Å². The van der Waals surface area contributed by atoms with Crippen molar-refractivity contribution in [1.29, 1.82) is 0 Å². The Morgan fingerprint density at radius 1 is 1.30 bits per heavy atom. The van der Waals surface area contributed by atoms with Crippen molar-refractivity contribution in [1.82, 2.24) is 34.5 Å². The van der Waals surface area contributed by atoms with Crippen LogP contribution in [-0.4, -0.2) is 92.3 Å². The van der Waals surface area contributed by atoms with Crippen LogP contribution in [0.2, 0.25) is 0 Å².